The lowest BCUT2D eigenvalue weighted by Gasteiger charge is -2.47. The maximum Gasteiger partial charge on any atom is 0.191 e. The normalized spacial score (nSPS) is 23.8. The van der Waals surface area contributed by atoms with E-state index in [0.717, 1.165) is 50.7 Å². The van der Waals surface area contributed by atoms with Crippen LogP contribution in [0.3, 0.4) is 0 Å². The van der Waals surface area contributed by atoms with Crippen molar-refractivity contribution in [2.75, 3.05) is 19.7 Å². The summed E-state index contributed by atoms with van der Waals surface area (Å²) in [5.74, 6) is 0.742. The van der Waals surface area contributed by atoms with Crippen LogP contribution < -0.4 is 0 Å². The molecule has 2 aliphatic rings. The standard InChI is InChI=1S/C17H21N3O2/c1-13-19-15(9-21-13)8-20-10-17(11-20)6-16(22-12-17)5-14-3-2-4-18-7-14/h2-4,7,9,16H,5-6,8,10-12H2,1H3/t16-/m0/s1. The number of nitrogens with zero attached hydrogens (tertiary/aromatic N) is 3. The van der Waals surface area contributed by atoms with E-state index >= 15 is 0 Å². The SMILES string of the molecule is Cc1nc(CN2CC3(CO[C@@H](Cc4cccnc4)C3)C2)co1. The molecular weight excluding hydrogens is 278 g/mol. The van der Waals surface area contributed by atoms with E-state index in [1.165, 1.54) is 5.56 Å². The Kier molecular flexibility index (Phi) is 3.47. The van der Waals surface area contributed by atoms with Gasteiger partial charge in [-0.2, -0.15) is 0 Å². The fourth-order valence-corrected chi connectivity index (χ4v) is 3.75. The van der Waals surface area contributed by atoms with Crippen LogP contribution in [0.2, 0.25) is 0 Å². The zero-order valence-corrected chi connectivity index (χ0v) is 12.9. The van der Waals surface area contributed by atoms with Gasteiger partial charge >= 0.3 is 0 Å². The molecule has 0 unspecified atom stereocenters. The molecule has 0 radical (unpaired) electrons. The molecule has 5 nitrogen and oxygen atoms in total. The van der Waals surface area contributed by atoms with E-state index in [1.54, 1.807) is 6.26 Å². The highest BCUT2D eigenvalue weighted by Crippen LogP contribution is 2.42. The van der Waals surface area contributed by atoms with Crippen LogP contribution >= 0.6 is 0 Å². The minimum absolute atomic E-state index is 0.334. The molecule has 0 aliphatic carbocycles. The predicted octanol–water partition coefficient (Wildman–Crippen LogP) is 2.21. The molecule has 4 rings (SSSR count). The van der Waals surface area contributed by atoms with Gasteiger partial charge in [0.15, 0.2) is 5.89 Å². The average Bonchev–Trinajstić information content (AvgIpc) is 3.07. The van der Waals surface area contributed by atoms with Gasteiger partial charge in [0.05, 0.1) is 18.4 Å². The number of oxazole rings is 1. The van der Waals surface area contributed by atoms with E-state index in [1.807, 2.05) is 25.4 Å². The lowest BCUT2D eigenvalue weighted by atomic mass is 9.77. The number of hydrogen-bond donors (Lipinski definition) is 0. The fourth-order valence-electron chi connectivity index (χ4n) is 3.75. The van der Waals surface area contributed by atoms with Gasteiger partial charge in [-0.1, -0.05) is 6.07 Å². The Balaban J connectivity index is 1.29. The Morgan fingerprint density at radius 3 is 3.05 bits per heavy atom. The van der Waals surface area contributed by atoms with Crippen LogP contribution in [0.5, 0.6) is 0 Å². The van der Waals surface area contributed by atoms with E-state index in [0.29, 0.717) is 11.5 Å². The third kappa shape index (κ3) is 2.78. The van der Waals surface area contributed by atoms with Crippen LogP contribution in [0.4, 0.5) is 0 Å². The zero-order chi connectivity index (χ0) is 15.0. The molecule has 5 heteroatoms. The first-order valence-corrected chi connectivity index (χ1v) is 7.85. The number of aryl methyl sites for hydroxylation is 1. The first-order valence-electron chi connectivity index (χ1n) is 7.85. The largest absolute Gasteiger partial charge is 0.449 e. The van der Waals surface area contributed by atoms with Gasteiger partial charge in [-0.05, 0) is 18.1 Å². The van der Waals surface area contributed by atoms with Crippen LogP contribution in [0, 0.1) is 12.3 Å². The highest BCUT2D eigenvalue weighted by atomic mass is 16.5. The maximum absolute atomic E-state index is 6.03. The van der Waals surface area contributed by atoms with Gasteiger partial charge in [-0.15, -0.1) is 0 Å². The summed E-state index contributed by atoms with van der Waals surface area (Å²) in [6.45, 7) is 5.85. The van der Waals surface area contributed by atoms with Crippen molar-refractivity contribution in [1.82, 2.24) is 14.9 Å². The van der Waals surface area contributed by atoms with Gasteiger partial charge in [0.1, 0.15) is 6.26 Å². The van der Waals surface area contributed by atoms with Crippen molar-refractivity contribution < 1.29 is 9.15 Å². The summed E-state index contributed by atoms with van der Waals surface area (Å²) in [5.41, 5.74) is 2.64. The number of ether oxygens (including phenoxy) is 1. The van der Waals surface area contributed by atoms with Gasteiger partial charge in [0, 0.05) is 50.8 Å². The summed E-state index contributed by atoms with van der Waals surface area (Å²) in [4.78, 5) is 11.0. The third-order valence-corrected chi connectivity index (χ3v) is 4.64. The molecule has 2 aromatic rings. The highest BCUT2D eigenvalue weighted by Gasteiger charge is 2.48. The quantitative estimate of drug-likeness (QED) is 0.866. The summed E-state index contributed by atoms with van der Waals surface area (Å²) < 4.78 is 11.3. The Morgan fingerprint density at radius 1 is 1.41 bits per heavy atom. The Morgan fingerprint density at radius 2 is 2.32 bits per heavy atom. The second kappa shape index (κ2) is 5.48. The van der Waals surface area contributed by atoms with Crippen LogP contribution in [0.15, 0.2) is 35.2 Å². The zero-order valence-electron chi connectivity index (χ0n) is 12.9. The van der Waals surface area contributed by atoms with E-state index in [9.17, 15) is 0 Å². The predicted molar refractivity (Wildman–Crippen MR) is 81.2 cm³/mol. The van der Waals surface area contributed by atoms with Crippen molar-refractivity contribution >= 4 is 0 Å². The molecule has 0 bridgehead atoms. The van der Waals surface area contributed by atoms with Gasteiger partial charge in [-0.25, -0.2) is 4.98 Å². The topological polar surface area (TPSA) is 51.4 Å². The Hall–Kier alpha value is -1.72. The first kappa shape index (κ1) is 13.9. The number of aromatic nitrogens is 2. The van der Waals surface area contributed by atoms with E-state index in [-0.39, 0.29) is 0 Å². The summed E-state index contributed by atoms with van der Waals surface area (Å²) in [5, 5.41) is 0. The van der Waals surface area contributed by atoms with Crippen molar-refractivity contribution in [3.63, 3.8) is 0 Å². The van der Waals surface area contributed by atoms with Crippen LogP contribution in [-0.4, -0.2) is 40.7 Å². The summed E-state index contributed by atoms with van der Waals surface area (Å²) >= 11 is 0. The van der Waals surface area contributed by atoms with Gasteiger partial charge in [-0.3, -0.25) is 9.88 Å². The van der Waals surface area contributed by atoms with E-state index in [4.69, 9.17) is 9.15 Å². The van der Waals surface area contributed by atoms with E-state index in [2.05, 4.69) is 20.9 Å². The van der Waals surface area contributed by atoms with E-state index < -0.39 is 0 Å². The molecule has 1 spiro atoms. The fraction of sp³-hybridized carbons (Fsp3) is 0.529. The smallest absolute Gasteiger partial charge is 0.191 e. The van der Waals surface area contributed by atoms with Crippen molar-refractivity contribution in [1.29, 1.82) is 0 Å². The Labute approximate surface area is 130 Å². The van der Waals surface area contributed by atoms with Crippen molar-refractivity contribution in [3.05, 3.63) is 47.9 Å². The molecule has 0 aromatic carbocycles. The van der Waals surface area contributed by atoms with Crippen molar-refractivity contribution in [3.8, 4) is 0 Å². The molecule has 1 atom stereocenters. The summed E-state index contributed by atoms with van der Waals surface area (Å²) in [7, 11) is 0. The molecule has 2 fully saturated rings. The number of rotatable bonds is 4. The number of likely N-dealkylation sites (tertiary alicyclic amines) is 1. The molecule has 22 heavy (non-hydrogen) atoms. The molecular formula is C17H21N3O2. The van der Waals surface area contributed by atoms with Gasteiger partial charge in [0.25, 0.3) is 0 Å². The molecule has 2 saturated heterocycles. The van der Waals surface area contributed by atoms with Crippen molar-refractivity contribution in [2.24, 2.45) is 5.41 Å². The molecule has 2 aromatic heterocycles. The maximum atomic E-state index is 6.03. The van der Waals surface area contributed by atoms with Gasteiger partial charge < -0.3 is 9.15 Å². The molecule has 0 N–H and O–H groups in total. The second-order valence-electron chi connectivity index (χ2n) is 6.71. The molecule has 0 saturated carbocycles. The number of pyridine rings is 1. The second-order valence-corrected chi connectivity index (χ2v) is 6.71. The average molecular weight is 299 g/mol. The van der Waals surface area contributed by atoms with Crippen LogP contribution in [-0.2, 0) is 17.7 Å². The van der Waals surface area contributed by atoms with Crippen molar-refractivity contribution in [2.45, 2.75) is 32.4 Å². The third-order valence-electron chi connectivity index (χ3n) is 4.64. The lowest BCUT2D eigenvalue weighted by Crippen LogP contribution is -2.56. The molecule has 116 valence electrons. The highest BCUT2D eigenvalue weighted by molar-refractivity contribution is 5.12. The summed E-state index contributed by atoms with van der Waals surface area (Å²) in [6.07, 6.45) is 7.97. The van der Waals surface area contributed by atoms with Gasteiger partial charge in [0.2, 0.25) is 0 Å². The van der Waals surface area contributed by atoms with Crippen LogP contribution in [0.25, 0.3) is 0 Å². The molecule has 2 aliphatic heterocycles. The molecule has 0 amide bonds. The monoisotopic (exact) mass is 299 g/mol. The lowest BCUT2D eigenvalue weighted by molar-refractivity contribution is -0.0147. The molecule has 4 heterocycles. The minimum atomic E-state index is 0.334. The summed E-state index contributed by atoms with van der Waals surface area (Å²) in [6, 6.07) is 4.12. The Bertz CT molecular complexity index is 634. The van der Waals surface area contributed by atoms with Crippen LogP contribution in [0.1, 0.15) is 23.6 Å². The minimum Gasteiger partial charge on any atom is -0.449 e. The first-order chi connectivity index (χ1) is 10.7. The number of hydrogen-bond acceptors (Lipinski definition) is 5.